The van der Waals surface area contributed by atoms with E-state index in [2.05, 4.69) is 5.32 Å². The minimum atomic E-state index is -0.212. The molecule has 1 unspecified atom stereocenters. The number of hydrogen-bond acceptors (Lipinski definition) is 3. The largest absolute Gasteiger partial charge is 0.372 e. The number of carbonyl (C=O) groups excluding carboxylic acids is 1. The number of nitrogens with one attached hydrogen (secondary N) is 1. The van der Waals surface area contributed by atoms with Crippen molar-refractivity contribution in [2.24, 2.45) is 0 Å². The van der Waals surface area contributed by atoms with Gasteiger partial charge >= 0.3 is 0 Å². The number of rotatable bonds is 2. The first-order chi connectivity index (χ1) is 6.46. The second kappa shape index (κ2) is 4.28. The highest BCUT2D eigenvalue weighted by molar-refractivity contribution is 5.78. The smallest absolute Gasteiger partial charge is 0.236 e. The Kier molecular flexibility index (Phi) is 3.50. The molecule has 0 bridgehead atoms. The van der Waals surface area contributed by atoms with E-state index >= 15 is 0 Å². The Morgan fingerprint density at radius 2 is 2.29 bits per heavy atom. The molecule has 0 radical (unpaired) electrons. The van der Waals surface area contributed by atoms with Crippen LogP contribution in [0.25, 0.3) is 0 Å². The lowest BCUT2D eigenvalue weighted by Gasteiger charge is -2.42. The molecule has 1 amide bonds. The number of carbonyl (C=O) groups is 1. The van der Waals surface area contributed by atoms with Gasteiger partial charge in [0.05, 0.1) is 24.8 Å². The maximum Gasteiger partial charge on any atom is 0.236 e. The van der Waals surface area contributed by atoms with Crippen LogP contribution in [0.2, 0.25) is 0 Å². The Bertz CT molecular complexity index is 216. The predicted molar refractivity (Wildman–Crippen MR) is 55.1 cm³/mol. The fourth-order valence-corrected chi connectivity index (χ4v) is 1.63. The van der Waals surface area contributed by atoms with Crippen molar-refractivity contribution in [3.05, 3.63) is 0 Å². The number of ether oxygens (including phenoxy) is 1. The molecule has 0 aromatic rings. The lowest BCUT2D eigenvalue weighted by atomic mass is 10.0. The van der Waals surface area contributed by atoms with Crippen molar-refractivity contribution in [2.75, 3.05) is 26.7 Å². The van der Waals surface area contributed by atoms with Gasteiger partial charge in [0.1, 0.15) is 0 Å². The summed E-state index contributed by atoms with van der Waals surface area (Å²) in [4.78, 5) is 13.6. The van der Waals surface area contributed by atoms with Gasteiger partial charge in [0.25, 0.3) is 0 Å². The van der Waals surface area contributed by atoms with Gasteiger partial charge in [0, 0.05) is 6.54 Å². The predicted octanol–water partition coefficient (Wildman–Crippen LogP) is 0.232. The Morgan fingerprint density at radius 1 is 1.64 bits per heavy atom. The van der Waals surface area contributed by atoms with Gasteiger partial charge in [-0.2, -0.15) is 0 Å². The van der Waals surface area contributed by atoms with Crippen molar-refractivity contribution in [2.45, 2.75) is 32.4 Å². The summed E-state index contributed by atoms with van der Waals surface area (Å²) >= 11 is 0. The molecule has 1 saturated heterocycles. The van der Waals surface area contributed by atoms with Crippen molar-refractivity contribution in [1.82, 2.24) is 10.2 Å². The van der Waals surface area contributed by atoms with Crippen LogP contribution in [0.1, 0.15) is 20.8 Å². The van der Waals surface area contributed by atoms with Crippen molar-refractivity contribution in [3.63, 3.8) is 0 Å². The third-order valence-corrected chi connectivity index (χ3v) is 2.45. The zero-order valence-corrected chi connectivity index (χ0v) is 9.46. The van der Waals surface area contributed by atoms with Gasteiger partial charge in [-0.15, -0.1) is 0 Å². The van der Waals surface area contributed by atoms with Crippen LogP contribution >= 0.6 is 0 Å². The molecule has 1 aliphatic rings. The van der Waals surface area contributed by atoms with Crippen molar-refractivity contribution in [1.29, 1.82) is 0 Å². The van der Waals surface area contributed by atoms with Crippen LogP contribution in [0, 0.1) is 0 Å². The van der Waals surface area contributed by atoms with Gasteiger partial charge in [-0.3, -0.25) is 4.79 Å². The molecule has 1 fully saturated rings. The molecule has 1 rings (SSSR count). The highest BCUT2D eigenvalue weighted by atomic mass is 16.5. The molecule has 4 nitrogen and oxygen atoms in total. The SMILES string of the molecule is CNCC(=O)N1CC(C)(C)OCC1C. The maximum atomic E-state index is 11.7. The summed E-state index contributed by atoms with van der Waals surface area (Å²) in [6.45, 7) is 7.75. The highest BCUT2D eigenvalue weighted by Gasteiger charge is 2.33. The van der Waals surface area contributed by atoms with Crippen LogP contribution in [0.5, 0.6) is 0 Å². The first kappa shape index (κ1) is 11.5. The maximum absolute atomic E-state index is 11.7. The van der Waals surface area contributed by atoms with E-state index < -0.39 is 0 Å². The zero-order valence-electron chi connectivity index (χ0n) is 9.46. The first-order valence-corrected chi connectivity index (χ1v) is 5.04. The molecule has 82 valence electrons. The molecule has 1 atom stereocenters. The number of hydrogen-bond donors (Lipinski definition) is 1. The summed E-state index contributed by atoms with van der Waals surface area (Å²) in [7, 11) is 1.79. The second-order valence-electron chi connectivity index (χ2n) is 4.47. The third-order valence-electron chi connectivity index (χ3n) is 2.45. The molecule has 1 aliphatic heterocycles. The molecule has 0 saturated carbocycles. The Labute approximate surface area is 85.6 Å². The molecule has 0 aliphatic carbocycles. The van der Waals surface area contributed by atoms with Crippen LogP contribution < -0.4 is 5.32 Å². The van der Waals surface area contributed by atoms with E-state index in [1.54, 1.807) is 7.05 Å². The molecule has 14 heavy (non-hydrogen) atoms. The van der Waals surface area contributed by atoms with E-state index in [0.29, 0.717) is 19.7 Å². The summed E-state index contributed by atoms with van der Waals surface area (Å²) in [5.74, 6) is 0.149. The van der Waals surface area contributed by atoms with E-state index in [4.69, 9.17) is 4.74 Å². The minimum absolute atomic E-state index is 0.149. The normalized spacial score (nSPS) is 26.3. The average Bonchev–Trinajstić information content (AvgIpc) is 2.10. The third kappa shape index (κ3) is 2.69. The Hall–Kier alpha value is -0.610. The summed E-state index contributed by atoms with van der Waals surface area (Å²) < 4.78 is 5.62. The standard InChI is InChI=1S/C10H20N2O2/c1-8-6-14-10(2,3)7-12(8)9(13)5-11-4/h8,11H,5-7H2,1-4H3. The van der Waals surface area contributed by atoms with E-state index in [1.807, 2.05) is 25.7 Å². The summed E-state index contributed by atoms with van der Waals surface area (Å²) in [6.07, 6.45) is 0. The van der Waals surface area contributed by atoms with Gasteiger partial charge in [-0.1, -0.05) is 0 Å². The van der Waals surface area contributed by atoms with Crippen molar-refractivity contribution >= 4 is 5.91 Å². The second-order valence-corrected chi connectivity index (χ2v) is 4.47. The number of amides is 1. The Balaban J connectivity index is 2.61. The molecular formula is C10H20N2O2. The van der Waals surface area contributed by atoms with Crippen molar-refractivity contribution < 1.29 is 9.53 Å². The topological polar surface area (TPSA) is 41.6 Å². The summed E-state index contributed by atoms with van der Waals surface area (Å²) in [5, 5.41) is 2.88. The lowest BCUT2D eigenvalue weighted by molar-refractivity contribution is -0.153. The fraction of sp³-hybridized carbons (Fsp3) is 0.900. The average molecular weight is 200 g/mol. The number of morpholine rings is 1. The highest BCUT2D eigenvalue weighted by Crippen LogP contribution is 2.20. The van der Waals surface area contributed by atoms with Crippen LogP contribution in [0.15, 0.2) is 0 Å². The van der Waals surface area contributed by atoms with Gasteiger partial charge in [-0.25, -0.2) is 0 Å². The fourth-order valence-electron chi connectivity index (χ4n) is 1.63. The van der Waals surface area contributed by atoms with Crippen LogP contribution in [-0.2, 0) is 9.53 Å². The lowest BCUT2D eigenvalue weighted by Crippen LogP contribution is -2.56. The monoisotopic (exact) mass is 200 g/mol. The minimum Gasteiger partial charge on any atom is -0.372 e. The first-order valence-electron chi connectivity index (χ1n) is 5.04. The molecule has 0 aromatic heterocycles. The number of nitrogens with zero attached hydrogens (tertiary/aromatic N) is 1. The van der Waals surface area contributed by atoms with E-state index in [9.17, 15) is 4.79 Å². The molecule has 0 aromatic carbocycles. The van der Waals surface area contributed by atoms with Crippen molar-refractivity contribution in [3.8, 4) is 0 Å². The summed E-state index contributed by atoms with van der Waals surface area (Å²) in [6, 6.07) is 0.184. The van der Waals surface area contributed by atoms with Gasteiger partial charge in [0.15, 0.2) is 0 Å². The van der Waals surface area contributed by atoms with Gasteiger partial charge in [0.2, 0.25) is 5.91 Å². The van der Waals surface area contributed by atoms with E-state index in [0.717, 1.165) is 0 Å². The molecule has 1 N–H and O–H groups in total. The van der Waals surface area contributed by atoms with Crippen LogP contribution in [-0.4, -0.2) is 49.2 Å². The van der Waals surface area contributed by atoms with E-state index in [-0.39, 0.29) is 17.6 Å². The van der Waals surface area contributed by atoms with Gasteiger partial charge < -0.3 is 15.0 Å². The van der Waals surface area contributed by atoms with E-state index in [1.165, 1.54) is 0 Å². The summed E-state index contributed by atoms with van der Waals surface area (Å²) in [5.41, 5.74) is -0.212. The molecule has 4 heteroatoms. The van der Waals surface area contributed by atoms with Crippen LogP contribution in [0.3, 0.4) is 0 Å². The van der Waals surface area contributed by atoms with Crippen LogP contribution in [0.4, 0.5) is 0 Å². The quantitative estimate of drug-likeness (QED) is 0.694. The Morgan fingerprint density at radius 3 is 2.86 bits per heavy atom. The molecular weight excluding hydrogens is 180 g/mol. The molecule has 0 spiro atoms. The zero-order chi connectivity index (χ0) is 10.8. The van der Waals surface area contributed by atoms with Gasteiger partial charge in [-0.05, 0) is 27.8 Å². The molecule has 1 heterocycles. The number of likely N-dealkylation sites (N-methyl/N-ethyl adjacent to an activating group) is 1.